The van der Waals surface area contributed by atoms with Gasteiger partial charge in [0.2, 0.25) is 0 Å². The molecule has 1 aromatic heterocycles. The Labute approximate surface area is 176 Å². The number of esters is 1. The van der Waals surface area contributed by atoms with Crippen molar-refractivity contribution in [1.82, 2.24) is 9.78 Å². The molecule has 0 saturated carbocycles. The van der Waals surface area contributed by atoms with Gasteiger partial charge in [-0.1, -0.05) is 0 Å². The molecule has 0 unspecified atom stereocenters. The molecule has 0 saturated heterocycles. The molecular weight excluding hydrogens is 411 g/mol. The molecule has 31 heavy (non-hydrogen) atoms. The monoisotopic (exact) mass is 431 g/mol. The highest BCUT2D eigenvalue weighted by molar-refractivity contribution is 6.04. The molecule has 9 heteroatoms. The topological polar surface area (TPSA) is 73.2 Å². The van der Waals surface area contributed by atoms with E-state index in [2.05, 4.69) is 15.2 Å². The second kappa shape index (κ2) is 9.03. The smallest absolute Gasteiger partial charge is 0.305 e. The number of carbonyl (C=O) groups is 2. The van der Waals surface area contributed by atoms with Crippen molar-refractivity contribution < 1.29 is 27.5 Å². The summed E-state index contributed by atoms with van der Waals surface area (Å²) in [5, 5.41) is 6.72. The van der Waals surface area contributed by atoms with Gasteiger partial charge < -0.3 is 10.1 Å². The van der Waals surface area contributed by atoms with E-state index in [1.165, 1.54) is 19.2 Å². The number of methoxy groups -OCH3 is 1. The number of carbonyl (C=O) groups excluding carboxylic acids is 2. The van der Waals surface area contributed by atoms with Gasteiger partial charge in [0.25, 0.3) is 5.91 Å². The highest BCUT2D eigenvalue weighted by atomic mass is 19.2. The lowest BCUT2D eigenvalue weighted by Crippen LogP contribution is -2.14. The average molecular weight is 431 g/mol. The minimum absolute atomic E-state index is 0.195. The highest BCUT2D eigenvalue weighted by Crippen LogP contribution is 2.22. The fourth-order valence-electron chi connectivity index (χ4n) is 3.19. The Hall–Kier alpha value is -3.62. The summed E-state index contributed by atoms with van der Waals surface area (Å²) in [6, 6.07) is 8.00. The fraction of sp³-hybridized carbons (Fsp3) is 0.227. The first-order valence-corrected chi connectivity index (χ1v) is 9.40. The Morgan fingerprint density at radius 3 is 2.35 bits per heavy atom. The molecule has 3 aromatic rings. The summed E-state index contributed by atoms with van der Waals surface area (Å²) in [7, 11) is 1.34. The number of aryl methyl sites for hydroxylation is 1. The Kier molecular flexibility index (Phi) is 6.43. The molecule has 162 valence electrons. The zero-order valence-electron chi connectivity index (χ0n) is 17.1. The van der Waals surface area contributed by atoms with Gasteiger partial charge >= 0.3 is 5.97 Å². The summed E-state index contributed by atoms with van der Waals surface area (Å²) in [5.41, 5.74) is 2.98. The summed E-state index contributed by atoms with van der Waals surface area (Å²) < 4.78 is 46.5. The van der Waals surface area contributed by atoms with E-state index < -0.39 is 29.0 Å². The number of aromatic nitrogens is 2. The van der Waals surface area contributed by atoms with E-state index in [-0.39, 0.29) is 18.0 Å². The molecule has 3 rings (SSSR count). The predicted octanol–water partition coefficient (Wildman–Crippen LogP) is 4.26. The van der Waals surface area contributed by atoms with Crippen molar-refractivity contribution >= 4 is 17.6 Å². The first-order chi connectivity index (χ1) is 14.7. The molecule has 0 bridgehead atoms. The van der Waals surface area contributed by atoms with E-state index in [9.17, 15) is 22.8 Å². The summed E-state index contributed by atoms with van der Waals surface area (Å²) in [6.07, 6.45) is 0.730. The van der Waals surface area contributed by atoms with Gasteiger partial charge in [-0.15, -0.1) is 0 Å². The van der Waals surface area contributed by atoms with Crippen molar-refractivity contribution in [3.8, 4) is 5.69 Å². The number of hydrogen-bond acceptors (Lipinski definition) is 4. The maximum Gasteiger partial charge on any atom is 0.305 e. The molecule has 1 amide bonds. The molecule has 0 atom stereocenters. The normalized spacial score (nSPS) is 10.8. The fourth-order valence-corrected chi connectivity index (χ4v) is 3.19. The van der Waals surface area contributed by atoms with Crippen molar-refractivity contribution in [3.05, 3.63) is 76.4 Å². The van der Waals surface area contributed by atoms with E-state index in [1.807, 2.05) is 13.8 Å². The average Bonchev–Trinajstić information content (AvgIpc) is 3.05. The first kappa shape index (κ1) is 22.1. The van der Waals surface area contributed by atoms with Crippen molar-refractivity contribution in [3.63, 3.8) is 0 Å². The van der Waals surface area contributed by atoms with E-state index in [1.54, 1.807) is 16.8 Å². The van der Waals surface area contributed by atoms with Crippen molar-refractivity contribution in [2.75, 3.05) is 12.4 Å². The lowest BCUT2D eigenvalue weighted by atomic mass is 10.1. The molecule has 0 radical (unpaired) electrons. The van der Waals surface area contributed by atoms with Gasteiger partial charge in [-0.2, -0.15) is 5.10 Å². The van der Waals surface area contributed by atoms with Crippen molar-refractivity contribution in [1.29, 1.82) is 0 Å². The number of hydrogen-bond donors (Lipinski definition) is 1. The van der Waals surface area contributed by atoms with Gasteiger partial charge in [0.15, 0.2) is 17.5 Å². The molecule has 2 aromatic carbocycles. The summed E-state index contributed by atoms with van der Waals surface area (Å²) >= 11 is 0. The van der Waals surface area contributed by atoms with Crippen LogP contribution in [0.3, 0.4) is 0 Å². The van der Waals surface area contributed by atoms with Crippen LogP contribution in [0.5, 0.6) is 0 Å². The Morgan fingerprint density at radius 2 is 1.71 bits per heavy atom. The minimum Gasteiger partial charge on any atom is -0.469 e. The number of nitrogens with one attached hydrogen (secondary N) is 1. The molecule has 0 spiro atoms. The maximum atomic E-state index is 13.8. The van der Waals surface area contributed by atoms with Gasteiger partial charge in [-0.25, -0.2) is 17.9 Å². The zero-order valence-corrected chi connectivity index (χ0v) is 17.1. The molecule has 0 aliphatic heterocycles. The maximum absolute atomic E-state index is 13.8. The SMILES string of the molecule is COC(=O)CCc1c(C)nn(-c2ccc(C(=O)Nc3ccc(F)c(F)c3F)cc2)c1C. The van der Waals surface area contributed by atoms with Crippen LogP contribution in [0.2, 0.25) is 0 Å². The van der Waals surface area contributed by atoms with Crippen LogP contribution in [0, 0.1) is 31.3 Å². The molecule has 1 heterocycles. The minimum atomic E-state index is -1.65. The van der Waals surface area contributed by atoms with Crippen LogP contribution in [0.4, 0.5) is 18.9 Å². The van der Waals surface area contributed by atoms with Crippen LogP contribution < -0.4 is 5.32 Å². The summed E-state index contributed by atoms with van der Waals surface area (Å²) in [5.74, 6) is -5.44. The Morgan fingerprint density at radius 1 is 1.03 bits per heavy atom. The molecule has 1 N–H and O–H groups in total. The van der Waals surface area contributed by atoms with Gasteiger partial charge in [-0.05, 0) is 62.2 Å². The molecular formula is C22H20F3N3O3. The molecule has 0 aliphatic carbocycles. The number of anilines is 1. The first-order valence-electron chi connectivity index (χ1n) is 9.40. The number of rotatable bonds is 6. The Bertz CT molecular complexity index is 1140. The van der Waals surface area contributed by atoms with E-state index in [0.29, 0.717) is 12.1 Å². The van der Waals surface area contributed by atoms with Crippen LogP contribution in [0.1, 0.15) is 33.7 Å². The van der Waals surface area contributed by atoms with E-state index in [4.69, 9.17) is 0 Å². The van der Waals surface area contributed by atoms with Gasteiger partial charge in [0, 0.05) is 17.7 Å². The van der Waals surface area contributed by atoms with Gasteiger partial charge in [0.1, 0.15) is 0 Å². The summed E-state index contributed by atoms with van der Waals surface area (Å²) in [6.45, 7) is 3.72. The third-order valence-corrected chi connectivity index (χ3v) is 4.91. The second-order valence-corrected chi connectivity index (χ2v) is 6.86. The number of nitrogens with zero attached hydrogens (tertiary/aromatic N) is 2. The van der Waals surface area contributed by atoms with Gasteiger partial charge in [-0.3, -0.25) is 9.59 Å². The molecule has 6 nitrogen and oxygen atoms in total. The van der Waals surface area contributed by atoms with Crippen molar-refractivity contribution in [2.24, 2.45) is 0 Å². The number of halogens is 3. The van der Waals surface area contributed by atoms with Crippen LogP contribution in [0.15, 0.2) is 36.4 Å². The van der Waals surface area contributed by atoms with Crippen LogP contribution >= 0.6 is 0 Å². The van der Waals surface area contributed by atoms with Crippen LogP contribution in [-0.4, -0.2) is 28.8 Å². The van der Waals surface area contributed by atoms with Crippen LogP contribution in [0.25, 0.3) is 5.69 Å². The molecule has 0 aliphatic rings. The summed E-state index contributed by atoms with van der Waals surface area (Å²) in [4.78, 5) is 23.8. The second-order valence-electron chi connectivity index (χ2n) is 6.86. The van der Waals surface area contributed by atoms with Crippen LogP contribution in [-0.2, 0) is 16.0 Å². The Balaban J connectivity index is 1.78. The third kappa shape index (κ3) is 4.60. The van der Waals surface area contributed by atoms with Crippen molar-refractivity contribution in [2.45, 2.75) is 26.7 Å². The number of ether oxygens (including phenoxy) is 1. The third-order valence-electron chi connectivity index (χ3n) is 4.91. The predicted molar refractivity (Wildman–Crippen MR) is 108 cm³/mol. The van der Waals surface area contributed by atoms with Gasteiger partial charge in [0.05, 0.1) is 24.2 Å². The number of benzene rings is 2. The quantitative estimate of drug-likeness (QED) is 0.468. The van der Waals surface area contributed by atoms with E-state index in [0.717, 1.165) is 29.1 Å². The largest absolute Gasteiger partial charge is 0.469 e. The zero-order chi connectivity index (χ0) is 22.7. The highest BCUT2D eigenvalue weighted by Gasteiger charge is 2.17. The van der Waals surface area contributed by atoms with E-state index >= 15 is 0 Å². The molecule has 0 fully saturated rings. The number of amides is 1. The lowest BCUT2D eigenvalue weighted by Gasteiger charge is -2.09. The standard InChI is InChI=1S/C22H20F3N3O3/c1-12-16(8-11-19(29)31-3)13(2)28(27-12)15-6-4-14(5-7-15)22(30)26-18-10-9-17(23)20(24)21(18)25/h4-7,9-10H,8,11H2,1-3H3,(H,26,30). The lowest BCUT2D eigenvalue weighted by molar-refractivity contribution is -0.140.